The zero-order chi connectivity index (χ0) is 17.4. The van der Waals surface area contributed by atoms with E-state index in [-0.39, 0.29) is 27.8 Å². The minimum absolute atomic E-state index is 0.0131. The summed E-state index contributed by atoms with van der Waals surface area (Å²) in [4.78, 5) is 39.4. The third kappa shape index (κ3) is 5.28. The Kier molecular flexibility index (Phi) is 7.62. The average Bonchev–Trinajstić information content (AvgIpc) is 2.49. The first-order valence-electron chi connectivity index (χ1n) is 7.53. The lowest BCUT2D eigenvalue weighted by molar-refractivity contribution is -0.129. The topological polar surface area (TPSA) is 83.8 Å². The van der Waals surface area contributed by atoms with Crippen molar-refractivity contribution in [3.8, 4) is 0 Å². The molecule has 0 heterocycles. The maximum Gasteiger partial charge on any atom is 0.337 e. The molecule has 0 aliphatic rings. The van der Waals surface area contributed by atoms with E-state index in [1.807, 2.05) is 13.8 Å². The summed E-state index contributed by atoms with van der Waals surface area (Å²) in [5.41, 5.74) is 0.155. The van der Waals surface area contributed by atoms with E-state index in [0.717, 1.165) is 0 Å². The molecule has 0 aromatic heterocycles. The molecule has 1 N–H and O–H groups in total. The standard InChI is InChI=1S/C17H20ClNO4/c1-3-6-14(20)12(15(21)7-4-2)10-19-13-9-5-8-11(16(13)18)17(22)23/h5,8-10,12H,3-4,6-7H2,1-2H3,(H,22,23). The number of hydrogen-bond donors (Lipinski definition) is 1. The number of carboxylic acid groups (broad SMARTS) is 1. The van der Waals surface area contributed by atoms with E-state index in [4.69, 9.17) is 16.7 Å². The summed E-state index contributed by atoms with van der Waals surface area (Å²) < 4.78 is 0. The van der Waals surface area contributed by atoms with Crippen molar-refractivity contribution in [3.05, 3.63) is 28.8 Å². The molecule has 0 amide bonds. The number of hydrogen-bond acceptors (Lipinski definition) is 4. The van der Waals surface area contributed by atoms with Crippen molar-refractivity contribution < 1.29 is 19.5 Å². The van der Waals surface area contributed by atoms with E-state index in [9.17, 15) is 14.4 Å². The van der Waals surface area contributed by atoms with Gasteiger partial charge in [-0.25, -0.2) is 4.79 Å². The monoisotopic (exact) mass is 337 g/mol. The van der Waals surface area contributed by atoms with Gasteiger partial charge in [0.15, 0.2) is 0 Å². The molecule has 0 aliphatic carbocycles. The van der Waals surface area contributed by atoms with Gasteiger partial charge < -0.3 is 5.11 Å². The van der Waals surface area contributed by atoms with Gasteiger partial charge in [-0.2, -0.15) is 0 Å². The number of carbonyl (C=O) groups is 3. The second-order valence-electron chi connectivity index (χ2n) is 5.13. The molecule has 0 aliphatic heterocycles. The van der Waals surface area contributed by atoms with Crippen molar-refractivity contribution in [1.82, 2.24) is 0 Å². The molecule has 0 atom stereocenters. The predicted molar refractivity (Wildman–Crippen MR) is 89.9 cm³/mol. The predicted octanol–water partition coefficient (Wildman–Crippen LogP) is 4.10. The summed E-state index contributed by atoms with van der Waals surface area (Å²) in [6.45, 7) is 3.73. The number of nitrogens with zero attached hydrogens (tertiary/aromatic N) is 1. The van der Waals surface area contributed by atoms with Crippen molar-refractivity contribution in [2.45, 2.75) is 39.5 Å². The molecular formula is C17H20ClNO4. The lowest BCUT2D eigenvalue weighted by atomic mass is 9.94. The van der Waals surface area contributed by atoms with E-state index in [2.05, 4.69) is 4.99 Å². The number of ketones is 2. The van der Waals surface area contributed by atoms with Crippen LogP contribution >= 0.6 is 11.6 Å². The van der Waals surface area contributed by atoms with Crippen LogP contribution in [-0.2, 0) is 9.59 Å². The third-order valence-electron chi connectivity index (χ3n) is 3.26. The number of carboxylic acids is 1. The van der Waals surface area contributed by atoms with Crippen LogP contribution in [0.4, 0.5) is 5.69 Å². The van der Waals surface area contributed by atoms with Crippen LogP contribution in [0.3, 0.4) is 0 Å². The quantitative estimate of drug-likeness (QED) is 0.543. The zero-order valence-corrected chi connectivity index (χ0v) is 14.0. The Morgan fingerprint density at radius 2 is 1.74 bits per heavy atom. The molecule has 5 nitrogen and oxygen atoms in total. The number of rotatable bonds is 9. The molecule has 0 fully saturated rings. The van der Waals surface area contributed by atoms with Gasteiger partial charge >= 0.3 is 5.97 Å². The lowest BCUT2D eigenvalue weighted by Crippen LogP contribution is -2.25. The van der Waals surface area contributed by atoms with Crippen LogP contribution in [0, 0.1) is 5.92 Å². The zero-order valence-electron chi connectivity index (χ0n) is 13.2. The molecular weight excluding hydrogens is 318 g/mol. The van der Waals surface area contributed by atoms with Gasteiger partial charge in [-0.15, -0.1) is 0 Å². The van der Waals surface area contributed by atoms with Gasteiger partial charge in [-0.3, -0.25) is 14.6 Å². The number of aromatic carboxylic acids is 1. The Hall–Kier alpha value is -2.01. The normalized spacial score (nSPS) is 11.1. The van der Waals surface area contributed by atoms with Crippen molar-refractivity contribution in [3.63, 3.8) is 0 Å². The van der Waals surface area contributed by atoms with Crippen LogP contribution in [0.25, 0.3) is 0 Å². The molecule has 1 rings (SSSR count). The minimum atomic E-state index is -1.16. The highest BCUT2D eigenvalue weighted by atomic mass is 35.5. The van der Waals surface area contributed by atoms with Crippen LogP contribution in [-0.4, -0.2) is 28.9 Å². The van der Waals surface area contributed by atoms with Crippen molar-refractivity contribution in [1.29, 1.82) is 0 Å². The van der Waals surface area contributed by atoms with Gasteiger partial charge in [-0.05, 0) is 25.0 Å². The second kappa shape index (κ2) is 9.20. The summed E-state index contributed by atoms with van der Waals surface area (Å²) >= 11 is 6.00. The first kappa shape index (κ1) is 19.0. The molecule has 0 saturated carbocycles. The SMILES string of the molecule is CCCC(=O)C(C=Nc1cccc(C(=O)O)c1Cl)C(=O)CCC. The van der Waals surface area contributed by atoms with Crippen molar-refractivity contribution >= 4 is 41.0 Å². The van der Waals surface area contributed by atoms with Crippen LogP contribution in [0.1, 0.15) is 49.9 Å². The Bertz CT molecular complexity index is 607. The van der Waals surface area contributed by atoms with Crippen LogP contribution in [0.5, 0.6) is 0 Å². The van der Waals surface area contributed by atoms with E-state index in [1.165, 1.54) is 24.4 Å². The van der Waals surface area contributed by atoms with Gasteiger partial charge in [0.1, 0.15) is 17.5 Å². The van der Waals surface area contributed by atoms with E-state index >= 15 is 0 Å². The number of aliphatic imine (C=N–C) groups is 1. The summed E-state index contributed by atoms with van der Waals surface area (Å²) in [7, 11) is 0. The summed E-state index contributed by atoms with van der Waals surface area (Å²) in [5, 5.41) is 9.03. The van der Waals surface area contributed by atoms with E-state index in [1.54, 1.807) is 0 Å². The summed E-state index contributed by atoms with van der Waals surface area (Å²) in [5.74, 6) is -2.42. The number of benzene rings is 1. The van der Waals surface area contributed by atoms with E-state index in [0.29, 0.717) is 25.7 Å². The van der Waals surface area contributed by atoms with Crippen molar-refractivity contribution in [2.24, 2.45) is 10.9 Å². The highest BCUT2D eigenvalue weighted by Gasteiger charge is 2.23. The Morgan fingerprint density at radius 1 is 1.17 bits per heavy atom. The summed E-state index contributed by atoms with van der Waals surface area (Å²) in [6.07, 6.45) is 3.18. The molecule has 6 heteroatoms. The highest BCUT2D eigenvalue weighted by molar-refractivity contribution is 6.36. The fourth-order valence-electron chi connectivity index (χ4n) is 2.09. The average molecular weight is 338 g/mol. The molecule has 23 heavy (non-hydrogen) atoms. The fourth-order valence-corrected chi connectivity index (χ4v) is 2.34. The minimum Gasteiger partial charge on any atom is -0.478 e. The Morgan fingerprint density at radius 3 is 2.22 bits per heavy atom. The van der Waals surface area contributed by atoms with Gasteiger partial charge in [0.25, 0.3) is 0 Å². The smallest absolute Gasteiger partial charge is 0.337 e. The maximum atomic E-state index is 12.1. The largest absolute Gasteiger partial charge is 0.478 e. The lowest BCUT2D eigenvalue weighted by Gasteiger charge is -2.09. The van der Waals surface area contributed by atoms with Crippen LogP contribution in [0.15, 0.2) is 23.2 Å². The van der Waals surface area contributed by atoms with Crippen LogP contribution in [0.2, 0.25) is 5.02 Å². The molecule has 0 bridgehead atoms. The molecule has 0 saturated heterocycles. The Labute approximate surface area is 140 Å². The van der Waals surface area contributed by atoms with Gasteiger partial charge in [0.2, 0.25) is 0 Å². The van der Waals surface area contributed by atoms with Gasteiger partial charge in [0.05, 0.1) is 16.3 Å². The summed E-state index contributed by atoms with van der Waals surface area (Å²) in [6, 6.07) is 4.42. The first-order chi connectivity index (χ1) is 10.9. The molecule has 0 radical (unpaired) electrons. The van der Waals surface area contributed by atoms with E-state index < -0.39 is 11.9 Å². The van der Waals surface area contributed by atoms with Crippen LogP contribution < -0.4 is 0 Å². The molecule has 0 unspecified atom stereocenters. The number of halogens is 1. The number of carbonyl (C=O) groups excluding carboxylic acids is 2. The molecule has 1 aromatic rings. The molecule has 0 spiro atoms. The first-order valence-corrected chi connectivity index (χ1v) is 7.91. The molecule has 124 valence electrons. The van der Waals surface area contributed by atoms with Gasteiger partial charge in [0, 0.05) is 19.1 Å². The highest BCUT2D eigenvalue weighted by Crippen LogP contribution is 2.28. The maximum absolute atomic E-state index is 12.1. The Balaban J connectivity index is 3.10. The fraction of sp³-hybridized carbons (Fsp3) is 0.412. The van der Waals surface area contributed by atoms with Gasteiger partial charge in [-0.1, -0.05) is 31.5 Å². The number of Topliss-reactive ketones (excluding diaryl/α,β-unsaturated/α-hetero) is 2. The van der Waals surface area contributed by atoms with Crippen molar-refractivity contribution in [2.75, 3.05) is 0 Å². The third-order valence-corrected chi connectivity index (χ3v) is 3.66. The molecule has 1 aromatic carbocycles. The second-order valence-corrected chi connectivity index (χ2v) is 5.51.